The molecule has 0 aromatic carbocycles. The van der Waals surface area contributed by atoms with Crippen molar-refractivity contribution in [1.82, 2.24) is 0 Å². The number of cyclic esters (lactones) is 1. The molecule has 0 N–H and O–H groups in total. The molecule has 1 aliphatic heterocycles. The Morgan fingerprint density at radius 1 is 0.891 bits per heavy atom. The van der Waals surface area contributed by atoms with Crippen LogP contribution in [0.3, 0.4) is 0 Å². The molecule has 1 unspecified atom stereocenters. The Labute approximate surface area is 285 Å². The third kappa shape index (κ3) is 8.86. The molecule has 8 atom stereocenters. The molecule has 6 nitrogen and oxygen atoms in total. The molecule has 0 aromatic heterocycles. The van der Waals surface area contributed by atoms with Crippen molar-refractivity contribution < 1.29 is 27.9 Å². The molecule has 0 amide bonds. The first-order valence-corrected chi connectivity index (χ1v) is 23.9. The Morgan fingerprint density at radius 2 is 1.50 bits per heavy atom. The molecule has 8 heteroatoms. The van der Waals surface area contributed by atoms with Gasteiger partial charge in [-0.05, 0) is 94.0 Å². The fourth-order valence-corrected chi connectivity index (χ4v) is 10.7. The molecule has 3 aliphatic rings. The van der Waals surface area contributed by atoms with Crippen molar-refractivity contribution in [2.24, 2.45) is 39.9 Å². The van der Waals surface area contributed by atoms with Crippen LogP contribution in [0.5, 0.6) is 0 Å². The van der Waals surface area contributed by atoms with Crippen LogP contribution in [0.2, 0.25) is 26.2 Å². The maximum Gasteiger partial charge on any atom is 0.334 e. The second-order valence-electron chi connectivity index (χ2n) is 17.5. The first kappa shape index (κ1) is 39.2. The SMILES string of the molecule is CCC(CC)(CC)C(=O)O[C@H]1C[C@H](C(C)(C)C)C=C2C=CC[C@H]([C@](C)(C[C@H]3C[C@H](C(C)(C)C)C(O[SiH](C)C)C(=O)O3)O[SiH](C)C)[C@H]21. The number of allylic oxidation sites excluding steroid dienone is 3. The lowest BCUT2D eigenvalue weighted by atomic mass is 9.60. The van der Waals surface area contributed by atoms with Crippen LogP contribution in [0.15, 0.2) is 23.8 Å². The molecule has 46 heavy (non-hydrogen) atoms. The number of esters is 2. The second-order valence-corrected chi connectivity index (χ2v) is 22.2. The third-order valence-electron chi connectivity index (χ3n) is 11.5. The molecule has 0 radical (unpaired) electrons. The molecule has 0 saturated carbocycles. The molecule has 3 rings (SSSR count). The summed E-state index contributed by atoms with van der Waals surface area (Å²) in [6.45, 7) is 30.7. The lowest BCUT2D eigenvalue weighted by Crippen LogP contribution is -2.55. The van der Waals surface area contributed by atoms with Gasteiger partial charge in [0.1, 0.15) is 18.3 Å². The van der Waals surface area contributed by atoms with Crippen molar-refractivity contribution in [3.05, 3.63) is 23.8 Å². The van der Waals surface area contributed by atoms with Gasteiger partial charge in [0.2, 0.25) is 0 Å². The fraction of sp³-hybridized carbons (Fsp3) is 0.842. The largest absolute Gasteiger partial charge is 0.461 e. The van der Waals surface area contributed by atoms with E-state index in [4.69, 9.17) is 18.3 Å². The van der Waals surface area contributed by atoms with E-state index in [9.17, 15) is 9.59 Å². The van der Waals surface area contributed by atoms with E-state index in [0.717, 1.165) is 38.5 Å². The Bertz CT molecular complexity index is 1100. The van der Waals surface area contributed by atoms with Crippen LogP contribution in [-0.2, 0) is 27.9 Å². The van der Waals surface area contributed by atoms with Gasteiger partial charge in [0.15, 0.2) is 18.1 Å². The lowest BCUT2D eigenvalue weighted by molar-refractivity contribution is -0.183. The Morgan fingerprint density at radius 3 is 2.00 bits per heavy atom. The molecule has 1 fully saturated rings. The van der Waals surface area contributed by atoms with Crippen molar-refractivity contribution >= 4 is 30.0 Å². The topological polar surface area (TPSA) is 71.1 Å². The van der Waals surface area contributed by atoms with E-state index in [1.807, 2.05) is 0 Å². The van der Waals surface area contributed by atoms with Crippen LogP contribution in [0.1, 0.15) is 114 Å². The van der Waals surface area contributed by atoms with Crippen LogP contribution in [0, 0.1) is 39.9 Å². The number of rotatable bonds is 12. The number of hydrogen-bond acceptors (Lipinski definition) is 6. The van der Waals surface area contributed by atoms with Crippen LogP contribution >= 0.6 is 0 Å². The first-order chi connectivity index (χ1) is 21.2. The number of carbonyl (C=O) groups is 2. The molecule has 0 aromatic rings. The predicted octanol–water partition coefficient (Wildman–Crippen LogP) is 8.79. The van der Waals surface area contributed by atoms with E-state index in [1.54, 1.807) is 0 Å². The summed E-state index contributed by atoms with van der Waals surface area (Å²) in [5.41, 5.74) is 0.187. The average Bonchev–Trinajstić information content (AvgIpc) is 2.93. The van der Waals surface area contributed by atoms with Crippen molar-refractivity contribution in [2.45, 2.75) is 164 Å². The predicted molar refractivity (Wildman–Crippen MR) is 194 cm³/mol. The Kier molecular flexibility index (Phi) is 12.9. The van der Waals surface area contributed by atoms with Crippen LogP contribution in [0.4, 0.5) is 0 Å². The van der Waals surface area contributed by atoms with Gasteiger partial charge in [0, 0.05) is 24.2 Å². The van der Waals surface area contributed by atoms with E-state index in [-0.39, 0.29) is 52.7 Å². The highest BCUT2D eigenvalue weighted by Crippen LogP contribution is 2.52. The molecule has 1 heterocycles. The van der Waals surface area contributed by atoms with Gasteiger partial charge in [0.25, 0.3) is 0 Å². The van der Waals surface area contributed by atoms with Gasteiger partial charge in [-0.3, -0.25) is 4.79 Å². The zero-order valence-corrected chi connectivity index (χ0v) is 34.1. The highest BCUT2D eigenvalue weighted by molar-refractivity contribution is 6.48. The summed E-state index contributed by atoms with van der Waals surface area (Å²) < 4.78 is 26.3. The van der Waals surface area contributed by atoms with Crippen molar-refractivity contribution in [2.75, 3.05) is 0 Å². The molecule has 0 bridgehead atoms. The Balaban J connectivity index is 2.05. The first-order valence-electron chi connectivity index (χ1n) is 18.3. The molecular weight excluding hydrogens is 609 g/mol. The minimum absolute atomic E-state index is 0.0225. The molecule has 264 valence electrons. The summed E-state index contributed by atoms with van der Waals surface area (Å²) in [6.07, 6.45) is 11.3. The van der Waals surface area contributed by atoms with Crippen LogP contribution in [0.25, 0.3) is 0 Å². The van der Waals surface area contributed by atoms with Crippen molar-refractivity contribution in [3.8, 4) is 0 Å². The minimum atomic E-state index is -1.53. The highest BCUT2D eigenvalue weighted by atomic mass is 28.3. The van der Waals surface area contributed by atoms with Gasteiger partial charge in [-0.1, -0.05) is 80.5 Å². The van der Waals surface area contributed by atoms with Crippen molar-refractivity contribution in [3.63, 3.8) is 0 Å². The zero-order valence-electron chi connectivity index (χ0n) is 31.8. The number of hydrogen-bond donors (Lipinski definition) is 0. The van der Waals surface area contributed by atoms with Gasteiger partial charge in [0.05, 0.1) is 11.0 Å². The fourth-order valence-electron chi connectivity index (χ4n) is 8.48. The maximum absolute atomic E-state index is 14.0. The van der Waals surface area contributed by atoms with E-state index < -0.39 is 35.2 Å². The summed E-state index contributed by atoms with van der Waals surface area (Å²) in [4.78, 5) is 27.6. The molecule has 0 spiro atoms. The zero-order chi connectivity index (χ0) is 34.8. The van der Waals surface area contributed by atoms with Gasteiger partial charge in [-0.25, -0.2) is 4.79 Å². The standard InChI is InChI=1S/C38H68O6Si2/c1-15-38(16-2,17-3)34(40)42-30-22-26(35(4,5)6)21-25-19-18-20-28(31(25)30)37(10,44-46(13)14)24-27-23-29(36(7,8)9)32(33(39)41-27)43-45(11)12/h18-19,21,26-32,45-46H,15-17,20,22-24H2,1-14H3/t26-,27-,28+,29+,30+,31+,32?,37+/m1/s1. The minimum Gasteiger partial charge on any atom is -0.461 e. The maximum atomic E-state index is 14.0. The van der Waals surface area contributed by atoms with Crippen molar-refractivity contribution in [1.29, 1.82) is 0 Å². The van der Waals surface area contributed by atoms with E-state index in [0.29, 0.717) is 12.3 Å². The van der Waals surface area contributed by atoms with Gasteiger partial charge in [-0.15, -0.1) is 0 Å². The molecule has 2 aliphatic carbocycles. The lowest BCUT2D eigenvalue weighted by Gasteiger charge is -2.52. The summed E-state index contributed by atoms with van der Waals surface area (Å²) in [6, 6.07) is 0. The number of carbonyl (C=O) groups excluding carboxylic acids is 2. The summed E-state index contributed by atoms with van der Waals surface area (Å²) >= 11 is 0. The van der Waals surface area contributed by atoms with Gasteiger partial charge >= 0.3 is 11.9 Å². The van der Waals surface area contributed by atoms with E-state index in [1.165, 1.54) is 5.57 Å². The number of fused-ring (bicyclic) bond motifs is 1. The number of ether oxygens (including phenoxy) is 2. The monoisotopic (exact) mass is 676 g/mol. The quantitative estimate of drug-likeness (QED) is 0.152. The van der Waals surface area contributed by atoms with Gasteiger partial charge in [-0.2, -0.15) is 0 Å². The van der Waals surface area contributed by atoms with E-state index >= 15 is 0 Å². The van der Waals surface area contributed by atoms with Crippen LogP contribution in [-0.4, -0.2) is 53.9 Å². The molecule has 1 saturated heterocycles. The smallest absolute Gasteiger partial charge is 0.334 e. The average molecular weight is 677 g/mol. The molecular formula is C38H68O6Si2. The third-order valence-corrected chi connectivity index (χ3v) is 13.3. The normalized spacial score (nSPS) is 30.5. The second kappa shape index (κ2) is 15.1. The van der Waals surface area contributed by atoms with Gasteiger partial charge < -0.3 is 18.3 Å². The van der Waals surface area contributed by atoms with Crippen LogP contribution < -0.4 is 0 Å². The highest BCUT2D eigenvalue weighted by Gasteiger charge is 2.53. The summed E-state index contributed by atoms with van der Waals surface area (Å²) in [7, 11) is -2.98. The summed E-state index contributed by atoms with van der Waals surface area (Å²) in [5, 5.41) is 0. The summed E-state index contributed by atoms with van der Waals surface area (Å²) in [5.74, 6) is 0.186. The van der Waals surface area contributed by atoms with E-state index in [2.05, 4.69) is 114 Å². The Hall–Kier alpha value is -1.23.